The monoisotopic (exact) mass is 261 g/mol. The summed E-state index contributed by atoms with van der Waals surface area (Å²) in [6.07, 6.45) is 2.25. The molecule has 1 aliphatic heterocycles. The van der Waals surface area contributed by atoms with E-state index in [1.165, 1.54) is 0 Å². The Labute approximate surface area is 112 Å². The largest absolute Gasteiger partial charge is 0.365 e. The van der Waals surface area contributed by atoms with Crippen LogP contribution in [0.15, 0.2) is 18.2 Å². The minimum absolute atomic E-state index is 0.216. The molecule has 102 valence electrons. The highest BCUT2D eigenvalue weighted by Gasteiger charge is 2.42. The van der Waals surface area contributed by atoms with Gasteiger partial charge in [0.1, 0.15) is 5.69 Å². The molecule has 0 spiro atoms. The number of rotatable bonds is 2. The van der Waals surface area contributed by atoms with Gasteiger partial charge in [-0.25, -0.2) is 0 Å². The topological polar surface area (TPSA) is 72.4 Å². The summed E-state index contributed by atoms with van der Waals surface area (Å²) in [7, 11) is 0. The van der Waals surface area contributed by atoms with Crippen LogP contribution >= 0.6 is 0 Å². The molecule has 5 nitrogen and oxygen atoms in total. The Kier molecular flexibility index (Phi) is 2.93. The molecule has 0 aromatic heterocycles. The fourth-order valence-electron chi connectivity index (χ4n) is 3.55. The average Bonchev–Trinajstić information content (AvgIpc) is 2.92. The fraction of sp³-hybridized carbons (Fsp3) is 0.571. The Morgan fingerprint density at radius 2 is 2.16 bits per heavy atom. The molecular weight excluding hydrogens is 242 g/mol. The number of nitro groups is 1. The Balaban J connectivity index is 1.90. The molecule has 1 aromatic rings. The third-order valence-electron chi connectivity index (χ3n) is 4.58. The molecule has 1 heterocycles. The van der Waals surface area contributed by atoms with Gasteiger partial charge in [0.05, 0.1) is 4.92 Å². The zero-order valence-corrected chi connectivity index (χ0v) is 11.1. The fourth-order valence-corrected chi connectivity index (χ4v) is 3.55. The van der Waals surface area contributed by atoms with Gasteiger partial charge in [-0.3, -0.25) is 10.1 Å². The summed E-state index contributed by atoms with van der Waals surface area (Å²) in [4.78, 5) is 13.1. The van der Waals surface area contributed by atoms with Gasteiger partial charge in [0.25, 0.3) is 5.69 Å². The minimum atomic E-state index is -0.281. The van der Waals surface area contributed by atoms with E-state index in [-0.39, 0.29) is 16.7 Å². The van der Waals surface area contributed by atoms with E-state index in [9.17, 15) is 10.1 Å². The third kappa shape index (κ3) is 2.08. The second-order valence-electron chi connectivity index (χ2n) is 5.82. The van der Waals surface area contributed by atoms with E-state index in [0.29, 0.717) is 11.8 Å². The predicted octanol–water partition coefficient (Wildman–Crippen LogP) is 2.08. The van der Waals surface area contributed by atoms with Crippen molar-refractivity contribution >= 4 is 11.4 Å². The summed E-state index contributed by atoms with van der Waals surface area (Å²) in [5.41, 5.74) is 8.01. The number of aryl methyl sites for hydroxylation is 1. The van der Waals surface area contributed by atoms with Crippen LogP contribution < -0.4 is 10.6 Å². The Morgan fingerprint density at radius 1 is 1.37 bits per heavy atom. The molecule has 0 amide bonds. The smallest absolute Gasteiger partial charge is 0.292 e. The Hall–Kier alpha value is -1.62. The quantitative estimate of drug-likeness (QED) is 0.653. The number of nitro benzene ring substituents is 1. The van der Waals surface area contributed by atoms with Gasteiger partial charge in [-0.2, -0.15) is 0 Å². The van der Waals surface area contributed by atoms with E-state index in [1.807, 2.05) is 19.1 Å². The van der Waals surface area contributed by atoms with E-state index >= 15 is 0 Å². The normalized spacial score (nSPS) is 29.6. The van der Waals surface area contributed by atoms with Crippen LogP contribution in [-0.2, 0) is 0 Å². The van der Waals surface area contributed by atoms with Crippen LogP contribution in [0.5, 0.6) is 0 Å². The molecule has 3 unspecified atom stereocenters. The van der Waals surface area contributed by atoms with Crippen molar-refractivity contribution in [2.75, 3.05) is 18.0 Å². The maximum Gasteiger partial charge on any atom is 0.292 e. The maximum absolute atomic E-state index is 11.2. The molecule has 0 bridgehead atoms. The molecule has 5 heteroatoms. The molecule has 3 atom stereocenters. The second-order valence-corrected chi connectivity index (χ2v) is 5.82. The highest BCUT2D eigenvalue weighted by molar-refractivity contribution is 5.65. The van der Waals surface area contributed by atoms with E-state index < -0.39 is 0 Å². The number of fused-ring (bicyclic) bond motifs is 1. The van der Waals surface area contributed by atoms with Gasteiger partial charge in [-0.1, -0.05) is 6.07 Å². The molecule has 2 fully saturated rings. The molecule has 2 aliphatic rings. The molecule has 19 heavy (non-hydrogen) atoms. The molecule has 1 aromatic carbocycles. The van der Waals surface area contributed by atoms with Crippen molar-refractivity contribution in [3.63, 3.8) is 0 Å². The van der Waals surface area contributed by atoms with Crippen molar-refractivity contribution in [1.29, 1.82) is 0 Å². The van der Waals surface area contributed by atoms with Gasteiger partial charge in [0, 0.05) is 25.2 Å². The van der Waals surface area contributed by atoms with Crippen molar-refractivity contribution in [2.24, 2.45) is 17.6 Å². The SMILES string of the molecule is Cc1ccc(N2CC3CCC(N)C3C2)c([N+](=O)[O-])c1. The zero-order valence-electron chi connectivity index (χ0n) is 11.1. The van der Waals surface area contributed by atoms with E-state index in [0.717, 1.165) is 37.2 Å². The minimum Gasteiger partial charge on any atom is -0.365 e. The molecule has 1 saturated carbocycles. The van der Waals surface area contributed by atoms with Crippen LogP contribution in [-0.4, -0.2) is 24.1 Å². The van der Waals surface area contributed by atoms with Crippen LogP contribution in [0.3, 0.4) is 0 Å². The number of anilines is 1. The van der Waals surface area contributed by atoms with Gasteiger partial charge < -0.3 is 10.6 Å². The predicted molar refractivity (Wildman–Crippen MR) is 74.2 cm³/mol. The highest BCUT2D eigenvalue weighted by Crippen LogP contribution is 2.41. The first-order chi connectivity index (χ1) is 9.06. The summed E-state index contributed by atoms with van der Waals surface area (Å²) in [6, 6.07) is 5.74. The van der Waals surface area contributed by atoms with Crippen LogP contribution in [0, 0.1) is 28.9 Å². The van der Waals surface area contributed by atoms with Gasteiger partial charge in [0.2, 0.25) is 0 Å². The van der Waals surface area contributed by atoms with Crippen molar-refractivity contribution in [3.05, 3.63) is 33.9 Å². The number of benzene rings is 1. The lowest BCUT2D eigenvalue weighted by Crippen LogP contribution is -2.30. The Bertz CT molecular complexity index is 517. The van der Waals surface area contributed by atoms with Crippen LogP contribution in [0.25, 0.3) is 0 Å². The lowest BCUT2D eigenvalue weighted by atomic mass is 9.98. The average molecular weight is 261 g/mol. The lowest BCUT2D eigenvalue weighted by molar-refractivity contribution is -0.384. The first kappa shape index (κ1) is 12.4. The van der Waals surface area contributed by atoms with Crippen LogP contribution in [0.4, 0.5) is 11.4 Å². The number of hydrogen-bond acceptors (Lipinski definition) is 4. The van der Waals surface area contributed by atoms with Crippen molar-refractivity contribution in [3.8, 4) is 0 Å². The highest BCUT2D eigenvalue weighted by atomic mass is 16.6. The summed E-state index contributed by atoms with van der Waals surface area (Å²) in [5, 5.41) is 11.2. The summed E-state index contributed by atoms with van der Waals surface area (Å²) in [5.74, 6) is 1.11. The van der Waals surface area contributed by atoms with Crippen molar-refractivity contribution in [2.45, 2.75) is 25.8 Å². The van der Waals surface area contributed by atoms with Crippen molar-refractivity contribution in [1.82, 2.24) is 0 Å². The van der Waals surface area contributed by atoms with Crippen LogP contribution in [0.1, 0.15) is 18.4 Å². The lowest BCUT2D eigenvalue weighted by Gasteiger charge is -2.20. The first-order valence-electron chi connectivity index (χ1n) is 6.82. The third-order valence-corrected chi connectivity index (χ3v) is 4.58. The number of nitrogens with zero attached hydrogens (tertiary/aromatic N) is 2. The molecule has 1 saturated heterocycles. The van der Waals surface area contributed by atoms with E-state index in [1.54, 1.807) is 6.07 Å². The molecule has 2 N–H and O–H groups in total. The molecule has 0 radical (unpaired) electrons. The summed E-state index contributed by atoms with van der Waals surface area (Å²) in [6.45, 7) is 3.64. The zero-order chi connectivity index (χ0) is 13.6. The van der Waals surface area contributed by atoms with Crippen molar-refractivity contribution < 1.29 is 4.92 Å². The Morgan fingerprint density at radius 3 is 2.84 bits per heavy atom. The van der Waals surface area contributed by atoms with E-state index in [4.69, 9.17) is 5.73 Å². The molecule has 1 aliphatic carbocycles. The van der Waals surface area contributed by atoms with Gasteiger partial charge >= 0.3 is 0 Å². The standard InChI is InChI=1S/C14H19N3O2/c1-9-2-5-13(14(6-9)17(18)19)16-7-10-3-4-12(15)11(10)8-16/h2,5-6,10-12H,3-4,7-8,15H2,1H3. The molecule has 3 rings (SSSR count). The molecular formula is C14H19N3O2. The summed E-state index contributed by atoms with van der Waals surface area (Å²) >= 11 is 0. The maximum atomic E-state index is 11.2. The van der Waals surface area contributed by atoms with Crippen LogP contribution in [0.2, 0.25) is 0 Å². The van der Waals surface area contributed by atoms with E-state index in [2.05, 4.69) is 4.90 Å². The van der Waals surface area contributed by atoms with Gasteiger partial charge in [-0.05, 0) is 43.2 Å². The first-order valence-corrected chi connectivity index (χ1v) is 6.82. The van der Waals surface area contributed by atoms with Gasteiger partial charge in [-0.15, -0.1) is 0 Å². The number of nitrogens with two attached hydrogens (primary N) is 1. The summed E-state index contributed by atoms with van der Waals surface area (Å²) < 4.78 is 0. The number of hydrogen-bond donors (Lipinski definition) is 1. The van der Waals surface area contributed by atoms with Gasteiger partial charge in [0.15, 0.2) is 0 Å². The second kappa shape index (κ2) is 4.49.